The van der Waals surface area contributed by atoms with Crippen LogP contribution in [0.3, 0.4) is 0 Å². The maximum Gasteiger partial charge on any atom is 0.407 e. The van der Waals surface area contributed by atoms with Crippen molar-refractivity contribution in [1.82, 2.24) is 10.6 Å². The van der Waals surface area contributed by atoms with Crippen LogP contribution in [0.15, 0.2) is 24.3 Å². The van der Waals surface area contributed by atoms with Crippen molar-refractivity contribution in [3.05, 3.63) is 29.8 Å². The number of alkyl carbamates (subject to hydrolysis) is 1. The second-order valence-electron chi connectivity index (χ2n) is 8.41. The van der Waals surface area contributed by atoms with Gasteiger partial charge in [0.2, 0.25) is 0 Å². The van der Waals surface area contributed by atoms with Gasteiger partial charge in [-0.05, 0) is 64.4 Å². The van der Waals surface area contributed by atoms with Gasteiger partial charge in [-0.15, -0.1) is 12.6 Å². The molecule has 1 atom stereocenters. The first kappa shape index (κ1) is 30.6. The Hall–Kier alpha value is -2.47. The molecule has 0 aliphatic heterocycles. The molecule has 3 N–H and O–H groups in total. The van der Waals surface area contributed by atoms with Gasteiger partial charge in [-0.25, -0.2) is 4.79 Å². The van der Waals surface area contributed by atoms with E-state index in [2.05, 4.69) is 40.4 Å². The minimum atomic E-state index is -0.489. The summed E-state index contributed by atoms with van der Waals surface area (Å²) in [5, 5.41) is 17.7. The number of rotatable bonds is 17. The van der Waals surface area contributed by atoms with E-state index in [-0.39, 0.29) is 5.50 Å². The lowest BCUT2D eigenvalue weighted by Crippen LogP contribution is -2.33. The minimum Gasteiger partial charge on any atom is -0.444 e. The Morgan fingerprint density at radius 3 is 2.11 bits per heavy atom. The maximum absolute atomic E-state index is 11.5. The molecule has 9 nitrogen and oxygen atoms in total. The van der Waals surface area contributed by atoms with Crippen LogP contribution in [0.4, 0.5) is 10.5 Å². The molecule has 0 aromatic heterocycles. The van der Waals surface area contributed by atoms with Crippen LogP contribution in [0.2, 0.25) is 0 Å². The second-order valence-corrected chi connectivity index (χ2v) is 8.93. The first-order valence-electron chi connectivity index (χ1n) is 11.7. The Morgan fingerprint density at radius 1 is 0.971 bits per heavy atom. The van der Waals surface area contributed by atoms with Crippen LogP contribution < -0.4 is 16.0 Å². The van der Waals surface area contributed by atoms with Gasteiger partial charge in [0, 0.05) is 36.9 Å². The van der Waals surface area contributed by atoms with Crippen LogP contribution in [-0.2, 0) is 18.9 Å². The van der Waals surface area contributed by atoms with Gasteiger partial charge in [-0.1, -0.05) is 5.92 Å². The monoisotopic (exact) mass is 506 g/mol. The van der Waals surface area contributed by atoms with Gasteiger partial charge in [0.25, 0.3) is 0 Å². The molecule has 0 heterocycles. The number of carbonyl (C=O) groups is 1. The van der Waals surface area contributed by atoms with E-state index in [0.29, 0.717) is 52.6 Å². The highest BCUT2D eigenvalue weighted by molar-refractivity contribution is 7.81. The van der Waals surface area contributed by atoms with Crippen molar-refractivity contribution in [2.45, 2.75) is 44.7 Å². The van der Waals surface area contributed by atoms with E-state index in [9.17, 15) is 4.79 Å². The zero-order valence-electron chi connectivity index (χ0n) is 20.9. The number of hydrogen-bond donors (Lipinski definition) is 4. The molecule has 1 unspecified atom stereocenters. The smallest absolute Gasteiger partial charge is 0.407 e. The number of benzene rings is 1. The summed E-state index contributed by atoms with van der Waals surface area (Å²) in [6.45, 7) is 9.98. The van der Waals surface area contributed by atoms with Crippen LogP contribution in [-0.4, -0.2) is 69.9 Å². The molecule has 35 heavy (non-hydrogen) atoms. The first-order chi connectivity index (χ1) is 16.8. The third kappa shape index (κ3) is 18.5. The lowest BCUT2D eigenvalue weighted by molar-refractivity contribution is 0.0136. The van der Waals surface area contributed by atoms with E-state index in [0.717, 1.165) is 24.2 Å². The molecule has 0 saturated heterocycles. The van der Waals surface area contributed by atoms with Gasteiger partial charge in [0.1, 0.15) is 11.1 Å². The van der Waals surface area contributed by atoms with Crippen LogP contribution in [0.1, 0.15) is 39.2 Å². The van der Waals surface area contributed by atoms with Gasteiger partial charge in [-0.2, -0.15) is 5.26 Å². The van der Waals surface area contributed by atoms with E-state index >= 15 is 0 Å². The van der Waals surface area contributed by atoms with Crippen LogP contribution >= 0.6 is 12.6 Å². The average Bonchev–Trinajstić information content (AvgIpc) is 2.80. The number of anilines is 1. The molecule has 0 fully saturated rings. The number of ether oxygens (including phenoxy) is 4. The number of carbonyl (C=O) groups excluding carboxylic acids is 1. The fourth-order valence-electron chi connectivity index (χ4n) is 2.59. The molecule has 10 heteroatoms. The summed E-state index contributed by atoms with van der Waals surface area (Å²) in [7, 11) is 0. The Morgan fingerprint density at radius 2 is 1.54 bits per heavy atom. The summed E-state index contributed by atoms with van der Waals surface area (Å²) in [5.41, 5.74) is 1.02. The summed E-state index contributed by atoms with van der Waals surface area (Å²) in [6.07, 6.45) is 1.15. The Bertz CT molecular complexity index is 812. The number of nitrogens with zero attached hydrogens (tertiary/aromatic N) is 1. The van der Waals surface area contributed by atoms with Gasteiger partial charge >= 0.3 is 6.09 Å². The lowest BCUT2D eigenvalue weighted by Gasteiger charge is -2.19. The Balaban J connectivity index is 1.87. The van der Waals surface area contributed by atoms with Crippen LogP contribution in [0.25, 0.3) is 0 Å². The highest BCUT2D eigenvalue weighted by Gasteiger charge is 2.15. The highest BCUT2D eigenvalue weighted by atomic mass is 32.1. The molecule has 194 valence electrons. The van der Waals surface area contributed by atoms with Crippen molar-refractivity contribution in [3.8, 4) is 17.9 Å². The van der Waals surface area contributed by atoms with Crippen LogP contribution in [0, 0.1) is 23.2 Å². The molecule has 1 amide bonds. The van der Waals surface area contributed by atoms with Crippen LogP contribution in [0.5, 0.6) is 0 Å². The molecule has 0 bridgehead atoms. The third-order valence-corrected chi connectivity index (χ3v) is 4.44. The van der Waals surface area contributed by atoms with Gasteiger partial charge in [0.05, 0.1) is 26.4 Å². The molecule has 0 aliphatic carbocycles. The van der Waals surface area contributed by atoms with Gasteiger partial charge in [-0.3, -0.25) is 5.32 Å². The number of thiol groups is 1. The van der Waals surface area contributed by atoms with Gasteiger partial charge < -0.3 is 29.6 Å². The Kier molecular flexibility index (Phi) is 16.4. The standard InChI is InChI=1S/C25H38N4O5S/c1-25(2,3)34-24(30)28-14-6-16-32-18-20-33-19-17-31-15-5-13-27-23(35)29-22-10-8-21(9-11-22)7-4-12-26/h8-11,23,27,29,35H,5-6,13-20H2,1-3H3,(H,28,30). The van der Waals surface area contributed by atoms with Gasteiger partial charge in [0.15, 0.2) is 6.07 Å². The number of nitrogens with one attached hydrogen (secondary N) is 3. The third-order valence-electron chi connectivity index (χ3n) is 4.13. The van der Waals surface area contributed by atoms with Crippen molar-refractivity contribution < 1.29 is 23.7 Å². The van der Waals surface area contributed by atoms with E-state index in [1.165, 1.54) is 0 Å². The van der Waals surface area contributed by atoms with E-state index in [1.54, 1.807) is 6.07 Å². The zero-order chi connectivity index (χ0) is 25.8. The predicted octanol–water partition coefficient (Wildman–Crippen LogP) is 3.13. The highest BCUT2D eigenvalue weighted by Crippen LogP contribution is 2.10. The lowest BCUT2D eigenvalue weighted by atomic mass is 10.2. The number of amides is 1. The molecule has 1 aromatic carbocycles. The molecular formula is C25H38N4O5S. The fourth-order valence-corrected chi connectivity index (χ4v) is 2.87. The summed E-state index contributed by atoms with van der Waals surface area (Å²) >= 11 is 4.48. The summed E-state index contributed by atoms with van der Waals surface area (Å²) in [5.74, 6) is 5.12. The molecule has 0 saturated carbocycles. The maximum atomic E-state index is 11.5. The normalized spacial score (nSPS) is 11.6. The molecule has 1 aromatic rings. The number of hydrogen-bond acceptors (Lipinski definition) is 9. The van der Waals surface area contributed by atoms with Crippen molar-refractivity contribution >= 4 is 24.4 Å². The molecular weight excluding hydrogens is 468 g/mol. The molecule has 0 spiro atoms. The van der Waals surface area contributed by atoms with E-state index < -0.39 is 11.7 Å². The first-order valence-corrected chi connectivity index (χ1v) is 12.2. The molecule has 0 aliphatic rings. The molecule has 1 rings (SSSR count). The van der Waals surface area contributed by atoms with Crippen molar-refractivity contribution in [2.75, 3.05) is 58.0 Å². The largest absolute Gasteiger partial charge is 0.444 e. The summed E-state index contributed by atoms with van der Waals surface area (Å²) in [4.78, 5) is 11.5. The average molecular weight is 507 g/mol. The number of nitriles is 1. The quantitative estimate of drug-likeness (QED) is 0.110. The van der Waals surface area contributed by atoms with E-state index in [4.69, 9.17) is 24.2 Å². The fraction of sp³-hybridized carbons (Fsp3) is 0.600. The predicted molar refractivity (Wildman–Crippen MR) is 139 cm³/mol. The second kappa shape index (κ2) is 18.8. The Labute approximate surface area is 214 Å². The zero-order valence-corrected chi connectivity index (χ0v) is 21.8. The van der Waals surface area contributed by atoms with E-state index in [1.807, 2.05) is 45.0 Å². The SMILES string of the molecule is CC(C)(C)OC(=O)NCCCOCCOCCOCCCNC(S)Nc1ccc(C#CC#N)cc1. The summed E-state index contributed by atoms with van der Waals surface area (Å²) in [6, 6.07) is 9.28. The minimum absolute atomic E-state index is 0.192. The van der Waals surface area contributed by atoms with Crippen molar-refractivity contribution in [2.24, 2.45) is 0 Å². The van der Waals surface area contributed by atoms with Crippen molar-refractivity contribution in [3.63, 3.8) is 0 Å². The van der Waals surface area contributed by atoms with Crippen molar-refractivity contribution in [1.29, 1.82) is 5.26 Å². The molecule has 0 radical (unpaired) electrons. The summed E-state index contributed by atoms with van der Waals surface area (Å²) < 4.78 is 21.6. The topological polar surface area (TPSA) is 114 Å².